The van der Waals surface area contributed by atoms with Crippen LogP contribution in [0.2, 0.25) is 0 Å². The molecule has 0 spiro atoms. The zero-order chi connectivity index (χ0) is 26.2. The Kier molecular flexibility index (Phi) is 6.25. The van der Waals surface area contributed by atoms with Crippen LogP contribution in [0.25, 0.3) is 0 Å². The summed E-state index contributed by atoms with van der Waals surface area (Å²) in [6, 6.07) is 15.0. The van der Waals surface area contributed by atoms with Gasteiger partial charge in [0.25, 0.3) is 11.4 Å². The quantitative estimate of drug-likeness (QED) is 0.359. The van der Waals surface area contributed by atoms with E-state index in [0.717, 1.165) is 0 Å². The Bertz CT molecular complexity index is 1390. The van der Waals surface area contributed by atoms with Crippen LogP contribution in [0, 0.1) is 26.0 Å². The maximum Gasteiger partial charge on any atom is 0.269 e. The number of carbonyl (C=O) groups excluding carboxylic acids is 1. The maximum absolute atomic E-state index is 15.2. The number of Topliss-reactive ketones (excluding diaryl/α,β-unsaturated/α-hetero) is 1. The van der Waals surface area contributed by atoms with Gasteiger partial charge in [-0.15, -0.1) is 0 Å². The van der Waals surface area contributed by atoms with Crippen molar-refractivity contribution in [2.75, 3.05) is 10.2 Å². The van der Waals surface area contributed by atoms with Crippen LogP contribution in [0.4, 0.5) is 27.1 Å². The minimum absolute atomic E-state index is 0.140. The van der Waals surface area contributed by atoms with Crippen molar-refractivity contribution in [2.45, 2.75) is 25.6 Å². The predicted octanol–water partition coefficient (Wildman–Crippen LogP) is 4.65. The van der Waals surface area contributed by atoms with E-state index in [0.29, 0.717) is 11.4 Å². The van der Waals surface area contributed by atoms with Crippen LogP contribution in [0.1, 0.15) is 19.4 Å². The summed E-state index contributed by atoms with van der Waals surface area (Å²) < 4.78 is 15.2. The van der Waals surface area contributed by atoms with E-state index in [1.54, 1.807) is 6.92 Å². The molecule has 10 nitrogen and oxygen atoms in total. The lowest BCUT2D eigenvalue weighted by Gasteiger charge is -2.41. The Hall–Kier alpha value is -4.64. The highest BCUT2D eigenvalue weighted by atomic mass is 19.1. The molecule has 184 valence electrons. The number of aliphatic hydroxyl groups is 1. The van der Waals surface area contributed by atoms with Gasteiger partial charge in [0.15, 0.2) is 11.5 Å². The largest absolute Gasteiger partial charge is 0.373 e. The molecule has 1 heterocycles. The van der Waals surface area contributed by atoms with E-state index in [4.69, 9.17) is 0 Å². The van der Waals surface area contributed by atoms with Gasteiger partial charge in [0.2, 0.25) is 0 Å². The Morgan fingerprint density at radius 1 is 0.972 bits per heavy atom. The number of nitrogens with zero attached hydrogens (tertiary/aromatic N) is 3. The van der Waals surface area contributed by atoms with E-state index in [1.165, 1.54) is 84.6 Å². The van der Waals surface area contributed by atoms with Crippen LogP contribution in [0.15, 0.2) is 84.1 Å². The summed E-state index contributed by atoms with van der Waals surface area (Å²) in [7, 11) is 0. The SMILES string of the molecule is CC(=O)C1=C(C)N(c2ccc([N+](=O)[O-])cc2)C(O)(c2ccccc2F)C1Nc1ccc([N+](=O)[O-])cc1. The lowest BCUT2D eigenvalue weighted by molar-refractivity contribution is -0.385. The topological polar surface area (TPSA) is 139 Å². The van der Waals surface area contributed by atoms with E-state index < -0.39 is 33.2 Å². The average molecular weight is 492 g/mol. The molecule has 3 aromatic rings. The van der Waals surface area contributed by atoms with Gasteiger partial charge >= 0.3 is 0 Å². The normalized spacial score (nSPS) is 19.3. The van der Waals surface area contributed by atoms with Crippen molar-refractivity contribution in [1.29, 1.82) is 0 Å². The van der Waals surface area contributed by atoms with Crippen molar-refractivity contribution < 1.29 is 24.1 Å². The van der Waals surface area contributed by atoms with Gasteiger partial charge in [-0.05, 0) is 44.2 Å². The van der Waals surface area contributed by atoms with E-state index >= 15 is 4.39 Å². The van der Waals surface area contributed by atoms with Crippen LogP contribution in [-0.4, -0.2) is 26.8 Å². The third-order valence-corrected chi connectivity index (χ3v) is 6.11. The molecule has 0 saturated carbocycles. The zero-order valence-corrected chi connectivity index (χ0v) is 19.2. The summed E-state index contributed by atoms with van der Waals surface area (Å²) in [4.78, 5) is 35.2. The molecule has 1 aliphatic heterocycles. The van der Waals surface area contributed by atoms with Crippen LogP contribution in [0.3, 0.4) is 0 Å². The molecule has 0 aromatic heterocycles. The fourth-order valence-electron chi connectivity index (χ4n) is 4.54. The van der Waals surface area contributed by atoms with Crippen molar-refractivity contribution >= 4 is 28.5 Å². The Morgan fingerprint density at radius 2 is 1.50 bits per heavy atom. The Balaban J connectivity index is 1.91. The molecule has 0 saturated heterocycles. The summed E-state index contributed by atoms with van der Waals surface area (Å²) in [5, 5.41) is 37.5. The van der Waals surface area contributed by atoms with Gasteiger partial charge in [0.05, 0.1) is 9.85 Å². The van der Waals surface area contributed by atoms with Crippen LogP contribution in [0.5, 0.6) is 0 Å². The highest BCUT2D eigenvalue weighted by molar-refractivity contribution is 5.98. The van der Waals surface area contributed by atoms with Crippen molar-refractivity contribution in [3.8, 4) is 0 Å². The fraction of sp³-hybridized carbons (Fsp3) is 0.160. The van der Waals surface area contributed by atoms with Crippen LogP contribution >= 0.6 is 0 Å². The number of rotatable bonds is 7. The first kappa shape index (κ1) is 24.5. The number of carbonyl (C=O) groups is 1. The highest BCUT2D eigenvalue weighted by Crippen LogP contribution is 2.48. The van der Waals surface area contributed by atoms with E-state index in [1.807, 2.05) is 0 Å². The number of nitrogens with one attached hydrogen (secondary N) is 1. The average Bonchev–Trinajstić information content (AvgIpc) is 3.06. The molecule has 11 heteroatoms. The fourth-order valence-corrected chi connectivity index (χ4v) is 4.54. The van der Waals surface area contributed by atoms with Crippen molar-refractivity contribution in [3.05, 3.63) is 116 Å². The lowest BCUT2D eigenvalue weighted by atomic mass is 9.89. The monoisotopic (exact) mass is 492 g/mol. The first-order chi connectivity index (χ1) is 17.1. The third kappa shape index (κ3) is 4.05. The summed E-state index contributed by atoms with van der Waals surface area (Å²) in [6.45, 7) is 2.89. The van der Waals surface area contributed by atoms with Gasteiger partial charge in [0.1, 0.15) is 11.9 Å². The Morgan fingerprint density at radius 3 is 2.00 bits per heavy atom. The van der Waals surface area contributed by atoms with Gasteiger partial charge < -0.3 is 15.3 Å². The smallest absolute Gasteiger partial charge is 0.269 e. The number of anilines is 2. The summed E-state index contributed by atoms with van der Waals surface area (Å²) in [5.41, 5.74) is -1.57. The second-order valence-corrected chi connectivity index (χ2v) is 8.25. The van der Waals surface area contributed by atoms with Crippen LogP contribution in [-0.2, 0) is 10.5 Å². The molecule has 2 N–H and O–H groups in total. The molecule has 36 heavy (non-hydrogen) atoms. The zero-order valence-electron chi connectivity index (χ0n) is 19.2. The number of benzene rings is 3. The summed E-state index contributed by atoms with van der Waals surface area (Å²) >= 11 is 0. The van der Waals surface area contributed by atoms with Gasteiger partial charge in [-0.2, -0.15) is 0 Å². The van der Waals surface area contributed by atoms with Gasteiger partial charge in [-0.25, -0.2) is 4.39 Å². The molecule has 0 fully saturated rings. The highest BCUT2D eigenvalue weighted by Gasteiger charge is 2.55. The second-order valence-electron chi connectivity index (χ2n) is 8.25. The molecule has 3 aromatic carbocycles. The minimum Gasteiger partial charge on any atom is -0.373 e. The third-order valence-electron chi connectivity index (χ3n) is 6.11. The lowest BCUT2D eigenvalue weighted by Crippen LogP contribution is -2.53. The molecular formula is C25H21FN4O6. The molecule has 2 atom stereocenters. The number of nitro groups is 2. The Labute approximate surface area is 204 Å². The molecule has 4 rings (SSSR count). The number of hydrogen-bond donors (Lipinski definition) is 2. The molecule has 0 bridgehead atoms. The first-order valence-corrected chi connectivity index (χ1v) is 10.8. The van der Waals surface area contributed by atoms with Gasteiger partial charge in [0, 0.05) is 52.5 Å². The van der Waals surface area contributed by atoms with Crippen molar-refractivity contribution in [3.63, 3.8) is 0 Å². The molecule has 0 amide bonds. The number of allylic oxidation sites excluding steroid dienone is 1. The standard InChI is InChI=1S/C25H21FN4O6/c1-15-23(16(2)31)24(27-17-7-9-19(10-8-17)29(33)34)25(32,21-5-3-4-6-22(21)26)28(15)18-11-13-20(14-12-18)30(35)36/h3-14,24,27,32H,1-2H3. The van der Waals surface area contributed by atoms with Gasteiger partial charge in [-0.1, -0.05) is 18.2 Å². The van der Waals surface area contributed by atoms with Crippen molar-refractivity contribution in [2.24, 2.45) is 0 Å². The maximum atomic E-state index is 15.2. The number of ketones is 1. The predicted molar refractivity (Wildman–Crippen MR) is 130 cm³/mol. The van der Waals surface area contributed by atoms with Crippen LogP contribution < -0.4 is 10.2 Å². The number of nitro benzene ring substituents is 2. The molecule has 0 radical (unpaired) electrons. The van der Waals surface area contributed by atoms with E-state index in [9.17, 15) is 30.1 Å². The number of hydrogen-bond acceptors (Lipinski definition) is 8. The second kappa shape index (κ2) is 9.19. The first-order valence-electron chi connectivity index (χ1n) is 10.8. The minimum atomic E-state index is -2.19. The number of halogens is 1. The van der Waals surface area contributed by atoms with Crippen molar-refractivity contribution in [1.82, 2.24) is 0 Å². The molecular weight excluding hydrogens is 471 g/mol. The molecule has 1 aliphatic rings. The summed E-state index contributed by atoms with van der Waals surface area (Å²) in [5.74, 6) is -1.13. The van der Waals surface area contributed by atoms with E-state index in [2.05, 4.69) is 5.32 Å². The number of non-ortho nitro benzene ring substituents is 2. The molecule has 0 aliphatic carbocycles. The van der Waals surface area contributed by atoms with Gasteiger partial charge in [-0.3, -0.25) is 25.0 Å². The van der Waals surface area contributed by atoms with E-state index in [-0.39, 0.29) is 28.2 Å². The molecule has 2 unspecified atom stereocenters. The summed E-state index contributed by atoms with van der Waals surface area (Å²) in [6.07, 6.45) is 0.